The Kier molecular flexibility index (Phi) is 1.89. The van der Waals surface area contributed by atoms with Gasteiger partial charge in [0.15, 0.2) is 11.5 Å². The van der Waals surface area contributed by atoms with Crippen molar-refractivity contribution in [2.75, 3.05) is 0 Å². The lowest BCUT2D eigenvalue weighted by atomic mass is 10.1. The average molecular weight is 238 g/mol. The minimum atomic E-state index is -3.61. The van der Waals surface area contributed by atoms with Crippen molar-refractivity contribution in [1.29, 1.82) is 0 Å². The number of nitrogens with one attached hydrogen (secondary N) is 1. The van der Waals surface area contributed by atoms with Gasteiger partial charge in [-0.15, -0.1) is 8.78 Å². The largest absolute Gasteiger partial charge is 0.586 e. The SMILES string of the molecule is Cc1c[nH]nc1-c1cccc2c1OC(F)(F)O2. The highest BCUT2D eigenvalue weighted by atomic mass is 19.3. The lowest BCUT2D eigenvalue weighted by Crippen LogP contribution is -2.26. The van der Waals surface area contributed by atoms with E-state index < -0.39 is 6.29 Å². The second kappa shape index (κ2) is 3.19. The summed E-state index contributed by atoms with van der Waals surface area (Å²) in [6, 6.07) is 4.71. The number of hydrogen-bond donors (Lipinski definition) is 1. The molecule has 0 fully saturated rings. The van der Waals surface area contributed by atoms with Crippen molar-refractivity contribution in [2.45, 2.75) is 13.2 Å². The van der Waals surface area contributed by atoms with Crippen molar-refractivity contribution in [3.63, 3.8) is 0 Å². The van der Waals surface area contributed by atoms with Crippen molar-refractivity contribution in [1.82, 2.24) is 10.2 Å². The molecule has 6 heteroatoms. The summed E-state index contributed by atoms with van der Waals surface area (Å²) in [5.74, 6) is 0.0441. The van der Waals surface area contributed by atoms with E-state index in [0.29, 0.717) is 11.3 Å². The Balaban J connectivity index is 2.16. The smallest absolute Gasteiger partial charge is 0.395 e. The minimum Gasteiger partial charge on any atom is -0.395 e. The van der Waals surface area contributed by atoms with Gasteiger partial charge in [-0.05, 0) is 24.6 Å². The lowest BCUT2D eigenvalue weighted by Gasteiger charge is -2.06. The van der Waals surface area contributed by atoms with Gasteiger partial charge in [0.05, 0.1) is 5.69 Å². The summed E-state index contributed by atoms with van der Waals surface area (Å²) >= 11 is 0. The number of aromatic nitrogens is 2. The molecule has 1 aliphatic rings. The van der Waals surface area contributed by atoms with Gasteiger partial charge in [0.1, 0.15) is 0 Å². The molecule has 17 heavy (non-hydrogen) atoms. The molecule has 0 amide bonds. The zero-order chi connectivity index (χ0) is 12.0. The van der Waals surface area contributed by atoms with Crippen LogP contribution in [0, 0.1) is 6.92 Å². The average Bonchev–Trinajstić information content (AvgIpc) is 2.78. The number of aryl methyl sites for hydroxylation is 1. The Bertz CT molecular complexity index is 581. The quantitative estimate of drug-likeness (QED) is 0.830. The van der Waals surface area contributed by atoms with Gasteiger partial charge < -0.3 is 9.47 Å². The fraction of sp³-hybridized carbons (Fsp3) is 0.182. The Labute approximate surface area is 95.2 Å². The summed E-state index contributed by atoms with van der Waals surface area (Å²) in [7, 11) is 0. The number of hydrogen-bond acceptors (Lipinski definition) is 3. The molecule has 0 unspecified atom stereocenters. The van der Waals surface area contributed by atoms with E-state index >= 15 is 0 Å². The number of halogens is 2. The number of fused-ring (bicyclic) bond motifs is 1. The van der Waals surface area contributed by atoms with Gasteiger partial charge in [-0.3, -0.25) is 5.10 Å². The van der Waals surface area contributed by atoms with Crippen LogP contribution in [0.1, 0.15) is 5.56 Å². The summed E-state index contributed by atoms with van der Waals surface area (Å²) < 4.78 is 34.8. The van der Waals surface area contributed by atoms with E-state index in [0.717, 1.165) is 5.56 Å². The van der Waals surface area contributed by atoms with Crippen LogP contribution in [0.5, 0.6) is 11.5 Å². The molecular weight excluding hydrogens is 230 g/mol. The zero-order valence-electron chi connectivity index (χ0n) is 8.83. The molecule has 1 aliphatic heterocycles. The van der Waals surface area contributed by atoms with Crippen LogP contribution >= 0.6 is 0 Å². The van der Waals surface area contributed by atoms with E-state index in [9.17, 15) is 8.78 Å². The number of aromatic amines is 1. The highest BCUT2D eigenvalue weighted by Crippen LogP contribution is 2.46. The Morgan fingerprint density at radius 2 is 2.12 bits per heavy atom. The maximum atomic E-state index is 13.0. The molecule has 1 aromatic carbocycles. The van der Waals surface area contributed by atoms with Crippen molar-refractivity contribution in [3.05, 3.63) is 30.0 Å². The first kappa shape index (κ1) is 10.1. The predicted molar refractivity (Wildman–Crippen MR) is 55.0 cm³/mol. The maximum Gasteiger partial charge on any atom is 0.586 e. The molecule has 0 saturated heterocycles. The third-order valence-electron chi connectivity index (χ3n) is 2.51. The van der Waals surface area contributed by atoms with Crippen molar-refractivity contribution >= 4 is 0 Å². The van der Waals surface area contributed by atoms with Crippen LogP contribution < -0.4 is 9.47 Å². The normalized spacial score (nSPS) is 16.2. The second-order valence-electron chi connectivity index (χ2n) is 3.72. The molecule has 0 atom stereocenters. The molecule has 1 N–H and O–H groups in total. The standard InChI is InChI=1S/C11H8F2N2O2/c1-6-5-14-15-9(6)7-3-2-4-8-10(7)17-11(12,13)16-8/h2-5H,1H3,(H,14,15). The Morgan fingerprint density at radius 3 is 2.82 bits per heavy atom. The Morgan fingerprint density at radius 1 is 1.29 bits per heavy atom. The highest BCUT2D eigenvalue weighted by molar-refractivity contribution is 5.73. The molecule has 4 nitrogen and oxygen atoms in total. The molecule has 0 saturated carbocycles. The van der Waals surface area contributed by atoms with Crippen LogP contribution in [0.25, 0.3) is 11.3 Å². The van der Waals surface area contributed by atoms with Crippen LogP contribution in [0.15, 0.2) is 24.4 Å². The lowest BCUT2D eigenvalue weighted by molar-refractivity contribution is -0.286. The van der Waals surface area contributed by atoms with E-state index in [1.165, 1.54) is 6.07 Å². The predicted octanol–water partition coefficient (Wildman–Crippen LogP) is 2.71. The number of ether oxygens (including phenoxy) is 2. The number of rotatable bonds is 1. The number of H-pyrrole nitrogens is 1. The summed E-state index contributed by atoms with van der Waals surface area (Å²) in [5.41, 5.74) is 1.90. The first-order valence-electron chi connectivity index (χ1n) is 4.96. The first-order valence-corrected chi connectivity index (χ1v) is 4.96. The van der Waals surface area contributed by atoms with Crippen molar-refractivity contribution in [2.24, 2.45) is 0 Å². The van der Waals surface area contributed by atoms with E-state index in [1.54, 1.807) is 18.3 Å². The van der Waals surface area contributed by atoms with Gasteiger partial charge in [-0.1, -0.05) is 6.07 Å². The van der Waals surface area contributed by atoms with Gasteiger partial charge in [0, 0.05) is 11.8 Å². The topological polar surface area (TPSA) is 47.1 Å². The molecule has 2 aromatic rings. The van der Waals surface area contributed by atoms with Gasteiger partial charge >= 0.3 is 6.29 Å². The summed E-state index contributed by atoms with van der Waals surface area (Å²) in [6.45, 7) is 1.83. The van der Waals surface area contributed by atoms with Crippen LogP contribution in [-0.4, -0.2) is 16.5 Å². The summed E-state index contributed by atoms with van der Waals surface area (Å²) in [6.07, 6.45) is -1.93. The molecule has 0 aliphatic carbocycles. The van der Waals surface area contributed by atoms with Crippen LogP contribution in [0.4, 0.5) is 8.78 Å². The summed E-state index contributed by atoms with van der Waals surface area (Å²) in [4.78, 5) is 0. The zero-order valence-corrected chi connectivity index (χ0v) is 8.83. The maximum absolute atomic E-state index is 13.0. The number of alkyl halides is 2. The molecule has 0 spiro atoms. The molecule has 3 rings (SSSR count). The van der Waals surface area contributed by atoms with E-state index in [4.69, 9.17) is 0 Å². The van der Waals surface area contributed by atoms with Crippen LogP contribution in [0.2, 0.25) is 0 Å². The monoisotopic (exact) mass is 238 g/mol. The van der Waals surface area contributed by atoms with Crippen LogP contribution in [-0.2, 0) is 0 Å². The van der Waals surface area contributed by atoms with E-state index in [-0.39, 0.29) is 11.5 Å². The fourth-order valence-electron chi connectivity index (χ4n) is 1.78. The second-order valence-corrected chi connectivity index (χ2v) is 3.72. The first-order chi connectivity index (χ1) is 8.07. The number of para-hydroxylation sites is 1. The molecule has 0 bridgehead atoms. The molecule has 88 valence electrons. The highest BCUT2D eigenvalue weighted by Gasteiger charge is 2.44. The molecule has 1 aromatic heterocycles. The number of benzene rings is 1. The van der Waals surface area contributed by atoms with E-state index in [2.05, 4.69) is 19.7 Å². The fourth-order valence-corrected chi connectivity index (χ4v) is 1.78. The molecule has 0 radical (unpaired) electrons. The van der Waals surface area contributed by atoms with Gasteiger partial charge in [-0.25, -0.2) is 0 Å². The Hall–Kier alpha value is -2.11. The van der Waals surface area contributed by atoms with Gasteiger partial charge in [-0.2, -0.15) is 5.10 Å². The van der Waals surface area contributed by atoms with Crippen LogP contribution in [0.3, 0.4) is 0 Å². The third kappa shape index (κ3) is 1.52. The molecular formula is C11H8F2N2O2. The number of nitrogens with zero attached hydrogens (tertiary/aromatic N) is 1. The van der Waals surface area contributed by atoms with Crippen molar-refractivity contribution in [3.8, 4) is 22.8 Å². The van der Waals surface area contributed by atoms with Gasteiger partial charge in [0.2, 0.25) is 0 Å². The van der Waals surface area contributed by atoms with E-state index in [1.807, 2.05) is 6.92 Å². The van der Waals surface area contributed by atoms with Crippen molar-refractivity contribution < 1.29 is 18.3 Å². The summed E-state index contributed by atoms with van der Waals surface area (Å²) in [5, 5.41) is 6.68. The molecule has 2 heterocycles. The minimum absolute atomic E-state index is 0.0210. The van der Waals surface area contributed by atoms with Gasteiger partial charge in [0.25, 0.3) is 0 Å². The third-order valence-corrected chi connectivity index (χ3v) is 2.51.